The van der Waals surface area contributed by atoms with E-state index in [9.17, 15) is 19.1 Å². The molecule has 10 nitrogen and oxygen atoms in total. The number of pyridine rings is 1. The molecular weight excluding hydrogens is 489 g/mol. The minimum Gasteiger partial charge on any atom is -0.387 e. The molecule has 200 valence electrons. The van der Waals surface area contributed by atoms with Gasteiger partial charge in [-0.3, -0.25) is 14.6 Å². The number of fused-ring (bicyclic) bond motifs is 1. The Morgan fingerprint density at radius 2 is 1.92 bits per heavy atom. The first kappa shape index (κ1) is 27.0. The first-order valence-electron chi connectivity index (χ1n) is 12.6. The number of aliphatic hydroxyl groups is 1. The fourth-order valence-corrected chi connectivity index (χ4v) is 4.57. The van der Waals surface area contributed by atoms with E-state index in [0.717, 1.165) is 31.2 Å². The number of rotatable bonds is 8. The smallest absolute Gasteiger partial charge is 0.255 e. The first-order valence-corrected chi connectivity index (χ1v) is 12.6. The largest absolute Gasteiger partial charge is 0.387 e. The monoisotopic (exact) mass is 521 g/mol. The lowest BCUT2D eigenvalue weighted by Gasteiger charge is -2.30. The van der Waals surface area contributed by atoms with Crippen molar-refractivity contribution in [2.45, 2.75) is 70.3 Å². The molecule has 1 aliphatic rings. The summed E-state index contributed by atoms with van der Waals surface area (Å²) in [5.41, 5.74) is 1.62. The van der Waals surface area contributed by atoms with E-state index in [1.165, 1.54) is 33.2 Å². The summed E-state index contributed by atoms with van der Waals surface area (Å²) in [5.74, 6) is -0.562. The van der Waals surface area contributed by atoms with Crippen LogP contribution in [-0.2, 0) is 4.79 Å². The molecule has 1 atom stereocenters. The number of hydrogen-bond acceptors (Lipinski definition) is 7. The molecule has 0 aromatic carbocycles. The summed E-state index contributed by atoms with van der Waals surface area (Å²) in [4.78, 5) is 29.0. The lowest BCUT2D eigenvalue weighted by Crippen LogP contribution is -2.42. The molecule has 4 N–H and O–H groups in total. The maximum atomic E-state index is 14.3. The van der Waals surface area contributed by atoms with Gasteiger partial charge in [0.15, 0.2) is 0 Å². The predicted octanol–water partition coefficient (Wildman–Crippen LogP) is 2.97. The van der Waals surface area contributed by atoms with Crippen LogP contribution in [0.15, 0.2) is 36.7 Å². The van der Waals surface area contributed by atoms with Crippen molar-refractivity contribution >= 4 is 23.0 Å². The van der Waals surface area contributed by atoms with Crippen LogP contribution in [0, 0.1) is 11.3 Å². The normalized spacial score (nSPS) is 18.4. The van der Waals surface area contributed by atoms with Gasteiger partial charge in [0.05, 0.1) is 52.1 Å². The van der Waals surface area contributed by atoms with Gasteiger partial charge in [0.25, 0.3) is 5.91 Å². The number of halogens is 1. The van der Waals surface area contributed by atoms with Gasteiger partial charge in [-0.2, -0.15) is 10.4 Å². The van der Waals surface area contributed by atoms with Gasteiger partial charge in [-0.1, -0.05) is 0 Å². The van der Waals surface area contributed by atoms with Crippen LogP contribution in [0.2, 0.25) is 0 Å². The van der Waals surface area contributed by atoms with Crippen molar-refractivity contribution in [2.24, 2.45) is 0 Å². The first-order chi connectivity index (χ1) is 18.0. The van der Waals surface area contributed by atoms with Gasteiger partial charge in [0, 0.05) is 25.2 Å². The van der Waals surface area contributed by atoms with Crippen molar-refractivity contribution in [1.29, 1.82) is 5.26 Å². The standard InChI is InChI=1S/C27H32FN7O3/c1-16(36)33-18-4-6-19(7-5-18)34-22-11-23(24-9-8-20-10-17(12-29)13-32-35(20)24)30-14-21(22)26(37)31-15-25(28)27(2,3)38/h8-11,13-14,18-19,25,38H,4-7,15H2,1-3H3,(H,30,34)(H,31,37)(H,33,36)/t18?,19?,25-/m1/s1. The number of amides is 2. The third-order valence-corrected chi connectivity index (χ3v) is 6.74. The Bertz CT molecular complexity index is 1370. The maximum Gasteiger partial charge on any atom is 0.255 e. The number of aromatic nitrogens is 3. The molecule has 0 unspecified atom stereocenters. The van der Waals surface area contributed by atoms with Gasteiger partial charge in [-0.05, 0) is 63.8 Å². The molecule has 2 amide bonds. The molecule has 0 bridgehead atoms. The molecule has 38 heavy (non-hydrogen) atoms. The third kappa shape index (κ3) is 6.26. The van der Waals surface area contributed by atoms with E-state index in [-0.39, 0.29) is 30.1 Å². The highest BCUT2D eigenvalue weighted by Gasteiger charge is 2.28. The Labute approximate surface area is 220 Å². The van der Waals surface area contributed by atoms with Gasteiger partial charge in [-0.15, -0.1) is 0 Å². The molecular formula is C27H32FN7O3. The number of nitriles is 1. The summed E-state index contributed by atoms with van der Waals surface area (Å²) in [5, 5.41) is 32.4. The number of carbonyl (C=O) groups is 2. The highest BCUT2D eigenvalue weighted by atomic mass is 19.1. The predicted molar refractivity (Wildman–Crippen MR) is 140 cm³/mol. The second-order valence-electron chi connectivity index (χ2n) is 10.3. The molecule has 0 radical (unpaired) electrons. The van der Waals surface area contributed by atoms with E-state index < -0.39 is 17.7 Å². The zero-order valence-electron chi connectivity index (χ0n) is 21.7. The SMILES string of the molecule is CC(=O)NC1CCC(Nc2cc(-c3ccc4cc(C#N)cnn34)ncc2C(=O)NC[C@@H](F)C(C)(C)O)CC1. The highest BCUT2D eigenvalue weighted by Crippen LogP contribution is 2.29. The molecule has 3 aromatic rings. The molecule has 4 rings (SSSR count). The second kappa shape index (κ2) is 11.1. The van der Waals surface area contributed by atoms with Crippen LogP contribution < -0.4 is 16.0 Å². The van der Waals surface area contributed by atoms with Gasteiger partial charge in [-0.25, -0.2) is 8.91 Å². The number of alkyl halides is 1. The molecule has 1 fully saturated rings. The Morgan fingerprint density at radius 1 is 1.21 bits per heavy atom. The summed E-state index contributed by atoms with van der Waals surface area (Å²) in [6.45, 7) is 3.86. The van der Waals surface area contributed by atoms with E-state index in [0.29, 0.717) is 22.6 Å². The Morgan fingerprint density at radius 3 is 2.58 bits per heavy atom. The van der Waals surface area contributed by atoms with Gasteiger partial charge in [0.1, 0.15) is 12.2 Å². The average Bonchev–Trinajstić information content (AvgIpc) is 3.30. The molecule has 11 heteroatoms. The van der Waals surface area contributed by atoms with Crippen molar-refractivity contribution in [2.75, 3.05) is 11.9 Å². The summed E-state index contributed by atoms with van der Waals surface area (Å²) in [6, 6.07) is 9.42. The summed E-state index contributed by atoms with van der Waals surface area (Å²) in [7, 11) is 0. The van der Waals surface area contributed by atoms with Crippen molar-refractivity contribution < 1.29 is 19.1 Å². The van der Waals surface area contributed by atoms with Crippen LogP contribution >= 0.6 is 0 Å². The molecule has 1 saturated carbocycles. The number of anilines is 1. The number of nitrogens with zero attached hydrogens (tertiary/aromatic N) is 4. The topological polar surface area (TPSA) is 144 Å². The van der Waals surface area contributed by atoms with Crippen LogP contribution in [0.4, 0.5) is 10.1 Å². The van der Waals surface area contributed by atoms with E-state index in [1.54, 1.807) is 16.6 Å². The minimum absolute atomic E-state index is 0.0497. The van der Waals surface area contributed by atoms with Crippen LogP contribution in [0.3, 0.4) is 0 Å². The Kier molecular flexibility index (Phi) is 7.92. The zero-order valence-corrected chi connectivity index (χ0v) is 21.7. The number of carbonyl (C=O) groups excluding carboxylic acids is 2. The Hall–Kier alpha value is -4.04. The number of nitrogens with one attached hydrogen (secondary N) is 3. The van der Waals surface area contributed by atoms with Crippen molar-refractivity contribution in [3.63, 3.8) is 0 Å². The van der Waals surface area contributed by atoms with Crippen molar-refractivity contribution in [1.82, 2.24) is 25.2 Å². The minimum atomic E-state index is -1.64. The van der Waals surface area contributed by atoms with Gasteiger partial charge >= 0.3 is 0 Å². The van der Waals surface area contributed by atoms with Crippen LogP contribution in [-0.4, -0.2) is 61.9 Å². The molecule has 3 aromatic heterocycles. The average molecular weight is 522 g/mol. The summed E-state index contributed by atoms with van der Waals surface area (Å²) in [6.07, 6.45) is 4.47. The highest BCUT2D eigenvalue weighted by molar-refractivity contribution is 6.00. The van der Waals surface area contributed by atoms with E-state index in [4.69, 9.17) is 5.26 Å². The molecule has 0 aliphatic heterocycles. The lowest BCUT2D eigenvalue weighted by molar-refractivity contribution is -0.119. The van der Waals surface area contributed by atoms with Crippen molar-refractivity contribution in [3.05, 3.63) is 47.8 Å². The number of hydrogen-bond donors (Lipinski definition) is 4. The summed E-state index contributed by atoms with van der Waals surface area (Å²) < 4.78 is 16.0. The zero-order chi connectivity index (χ0) is 27.4. The fraction of sp³-hybridized carbons (Fsp3) is 0.444. The third-order valence-electron chi connectivity index (χ3n) is 6.74. The van der Waals surface area contributed by atoms with Crippen molar-refractivity contribution in [3.8, 4) is 17.5 Å². The van der Waals surface area contributed by atoms with E-state index in [1.807, 2.05) is 12.1 Å². The summed E-state index contributed by atoms with van der Waals surface area (Å²) >= 11 is 0. The van der Waals surface area contributed by atoms with Gasteiger partial charge < -0.3 is 21.1 Å². The van der Waals surface area contributed by atoms with E-state index in [2.05, 4.69) is 32.1 Å². The molecule has 0 saturated heterocycles. The fourth-order valence-electron chi connectivity index (χ4n) is 4.57. The van der Waals surface area contributed by atoms with Crippen LogP contribution in [0.25, 0.3) is 16.9 Å². The molecule has 1 aliphatic carbocycles. The second-order valence-corrected chi connectivity index (χ2v) is 10.3. The molecule has 3 heterocycles. The van der Waals surface area contributed by atoms with Crippen LogP contribution in [0.1, 0.15) is 62.4 Å². The van der Waals surface area contributed by atoms with Gasteiger partial charge in [0.2, 0.25) is 5.91 Å². The molecule has 0 spiro atoms. The van der Waals surface area contributed by atoms with Crippen LogP contribution in [0.5, 0.6) is 0 Å². The van der Waals surface area contributed by atoms with E-state index >= 15 is 0 Å². The quantitative estimate of drug-likeness (QED) is 0.357. The lowest BCUT2D eigenvalue weighted by atomic mass is 9.90. The maximum absolute atomic E-state index is 14.3. The Balaban J connectivity index is 1.61.